The van der Waals surface area contributed by atoms with Crippen molar-refractivity contribution in [1.82, 2.24) is 4.31 Å². The number of ether oxygens (including phenoxy) is 2. The number of esters is 2. The summed E-state index contributed by atoms with van der Waals surface area (Å²) in [5, 5.41) is 0. The molecule has 0 saturated carbocycles. The molecule has 0 spiro atoms. The van der Waals surface area contributed by atoms with Crippen molar-refractivity contribution in [3.8, 4) is 0 Å². The first kappa shape index (κ1) is 22.4. The molecule has 1 aliphatic heterocycles. The lowest BCUT2D eigenvalue weighted by atomic mass is 10.1. The number of carbonyl (C=O) groups excluding carboxylic acids is 2. The van der Waals surface area contributed by atoms with Crippen molar-refractivity contribution in [2.45, 2.75) is 18.7 Å². The van der Waals surface area contributed by atoms with Gasteiger partial charge in [0, 0.05) is 18.7 Å². The first-order valence-electron chi connectivity index (χ1n) is 9.61. The second-order valence-corrected chi connectivity index (χ2v) is 8.50. The normalized spacial score (nSPS) is 15.2. The van der Waals surface area contributed by atoms with Gasteiger partial charge in [-0.05, 0) is 48.0 Å². The summed E-state index contributed by atoms with van der Waals surface area (Å²) in [7, 11) is -2.27. The highest BCUT2D eigenvalue weighted by atomic mass is 32.2. The van der Waals surface area contributed by atoms with Gasteiger partial charge in [-0.3, -0.25) is 0 Å². The Bertz CT molecular complexity index is 1150. The molecule has 3 rings (SSSR count). The molecule has 0 unspecified atom stereocenters. The minimum absolute atomic E-state index is 0.0919. The molecule has 0 saturated heterocycles. The third kappa shape index (κ3) is 4.73. The van der Waals surface area contributed by atoms with Crippen LogP contribution in [0.25, 0.3) is 6.08 Å². The van der Waals surface area contributed by atoms with E-state index in [0.717, 1.165) is 0 Å². The van der Waals surface area contributed by atoms with Crippen LogP contribution < -0.4 is 0 Å². The summed E-state index contributed by atoms with van der Waals surface area (Å²) in [6, 6.07) is 12.5. The van der Waals surface area contributed by atoms with Gasteiger partial charge >= 0.3 is 11.9 Å². The van der Waals surface area contributed by atoms with Crippen molar-refractivity contribution in [3.63, 3.8) is 0 Å². The van der Waals surface area contributed by atoms with Gasteiger partial charge in [0.1, 0.15) is 0 Å². The Morgan fingerprint density at radius 2 is 1.68 bits per heavy atom. The Balaban J connectivity index is 1.83. The number of hydrogen-bond acceptors (Lipinski definition) is 7. The highest BCUT2D eigenvalue weighted by Crippen LogP contribution is 2.22. The summed E-state index contributed by atoms with van der Waals surface area (Å²) in [4.78, 5) is 28.1. The number of sulfonamides is 1. The van der Waals surface area contributed by atoms with Crippen molar-refractivity contribution < 1.29 is 27.5 Å². The van der Waals surface area contributed by atoms with Crippen LogP contribution in [0.3, 0.4) is 0 Å². The Morgan fingerprint density at radius 1 is 1.06 bits per heavy atom. The molecule has 2 aromatic rings. The van der Waals surface area contributed by atoms with Gasteiger partial charge in [-0.25, -0.2) is 23.0 Å². The third-order valence-corrected chi connectivity index (χ3v) is 6.76. The second-order valence-electron chi connectivity index (χ2n) is 6.56. The molecule has 9 heteroatoms. The molecule has 162 valence electrons. The van der Waals surface area contributed by atoms with Gasteiger partial charge in [-0.2, -0.15) is 4.31 Å². The average molecular weight is 442 g/mol. The molecule has 0 atom stereocenters. The highest BCUT2D eigenvalue weighted by molar-refractivity contribution is 7.89. The van der Waals surface area contributed by atoms with E-state index in [4.69, 9.17) is 4.74 Å². The van der Waals surface area contributed by atoms with Gasteiger partial charge in [-0.15, -0.1) is 0 Å². The maximum atomic E-state index is 12.6. The lowest BCUT2D eigenvalue weighted by molar-refractivity contribution is -0.129. The van der Waals surface area contributed by atoms with Crippen LogP contribution in [0.15, 0.2) is 64.1 Å². The average Bonchev–Trinajstić information content (AvgIpc) is 3.14. The lowest BCUT2D eigenvalue weighted by Gasteiger charge is -2.18. The lowest BCUT2D eigenvalue weighted by Crippen LogP contribution is -2.30. The standard InChI is InChI=1S/C22H22N2O6S/c1-4-24(5-2)31(27,28)18-12-10-16(11-13-18)20-23-19(22(26)30-20)14-15-6-8-17(9-7-15)21(25)29-3/h6-14H,4-5H2,1-3H3/b19-14-. The van der Waals surface area contributed by atoms with E-state index in [1.54, 1.807) is 50.2 Å². The van der Waals surface area contributed by atoms with Crippen molar-refractivity contribution in [2.75, 3.05) is 20.2 Å². The van der Waals surface area contributed by atoms with E-state index < -0.39 is 22.0 Å². The first-order chi connectivity index (χ1) is 14.8. The number of methoxy groups -OCH3 is 1. The van der Waals surface area contributed by atoms with E-state index in [0.29, 0.717) is 29.8 Å². The summed E-state index contributed by atoms with van der Waals surface area (Å²) < 4.78 is 36.4. The molecule has 0 aliphatic carbocycles. The molecule has 0 fully saturated rings. The Kier molecular flexibility index (Phi) is 6.67. The minimum Gasteiger partial charge on any atom is -0.465 e. The van der Waals surface area contributed by atoms with Crippen molar-refractivity contribution in [2.24, 2.45) is 4.99 Å². The molecule has 0 amide bonds. The summed E-state index contributed by atoms with van der Waals surface area (Å²) in [6.45, 7) is 4.30. The van der Waals surface area contributed by atoms with E-state index in [9.17, 15) is 18.0 Å². The summed E-state index contributed by atoms with van der Waals surface area (Å²) in [5.41, 5.74) is 1.63. The van der Waals surface area contributed by atoms with Crippen LogP contribution in [0.2, 0.25) is 0 Å². The molecular formula is C22H22N2O6S. The summed E-state index contributed by atoms with van der Waals surface area (Å²) in [6.07, 6.45) is 1.54. The van der Waals surface area contributed by atoms with E-state index in [-0.39, 0.29) is 16.5 Å². The second kappa shape index (κ2) is 9.23. The number of nitrogens with zero attached hydrogens (tertiary/aromatic N) is 2. The van der Waals surface area contributed by atoms with Crippen molar-refractivity contribution in [1.29, 1.82) is 0 Å². The zero-order chi connectivity index (χ0) is 22.6. The zero-order valence-electron chi connectivity index (χ0n) is 17.4. The van der Waals surface area contributed by atoms with Gasteiger partial charge < -0.3 is 9.47 Å². The number of carbonyl (C=O) groups is 2. The monoisotopic (exact) mass is 442 g/mol. The Labute approximate surface area is 180 Å². The van der Waals surface area contributed by atoms with E-state index >= 15 is 0 Å². The fourth-order valence-corrected chi connectivity index (χ4v) is 4.46. The van der Waals surface area contributed by atoms with Crippen molar-refractivity contribution >= 4 is 33.9 Å². The van der Waals surface area contributed by atoms with E-state index in [1.165, 1.54) is 29.6 Å². The van der Waals surface area contributed by atoms with E-state index in [1.807, 2.05) is 0 Å². The summed E-state index contributed by atoms with van der Waals surface area (Å²) in [5.74, 6) is -0.979. The number of rotatable bonds is 7. The van der Waals surface area contributed by atoms with Crippen LogP contribution in [0.5, 0.6) is 0 Å². The minimum atomic E-state index is -3.57. The van der Waals surface area contributed by atoms with Crippen LogP contribution in [-0.2, 0) is 24.3 Å². The molecule has 0 N–H and O–H groups in total. The molecule has 0 bridgehead atoms. The van der Waals surface area contributed by atoms with Crippen LogP contribution in [0.4, 0.5) is 0 Å². The van der Waals surface area contributed by atoms with Crippen LogP contribution in [0, 0.1) is 0 Å². The molecule has 2 aromatic carbocycles. The number of cyclic esters (lactones) is 1. The van der Waals surface area contributed by atoms with Gasteiger partial charge in [0.2, 0.25) is 15.9 Å². The van der Waals surface area contributed by atoms with E-state index in [2.05, 4.69) is 9.73 Å². The number of benzene rings is 2. The van der Waals surface area contributed by atoms with Gasteiger partial charge in [0.05, 0.1) is 17.6 Å². The predicted octanol–water partition coefficient (Wildman–Crippen LogP) is 2.85. The summed E-state index contributed by atoms with van der Waals surface area (Å²) >= 11 is 0. The van der Waals surface area contributed by atoms with Crippen LogP contribution in [-0.4, -0.2) is 50.8 Å². The van der Waals surface area contributed by atoms with Crippen LogP contribution in [0.1, 0.15) is 35.3 Å². The maximum Gasteiger partial charge on any atom is 0.363 e. The van der Waals surface area contributed by atoms with Gasteiger partial charge in [0.15, 0.2) is 5.70 Å². The molecule has 0 radical (unpaired) electrons. The highest BCUT2D eigenvalue weighted by Gasteiger charge is 2.26. The molecule has 8 nitrogen and oxygen atoms in total. The topological polar surface area (TPSA) is 102 Å². The fraction of sp³-hybridized carbons (Fsp3) is 0.227. The zero-order valence-corrected chi connectivity index (χ0v) is 18.2. The Morgan fingerprint density at radius 3 is 2.23 bits per heavy atom. The predicted molar refractivity (Wildman–Crippen MR) is 115 cm³/mol. The smallest absolute Gasteiger partial charge is 0.363 e. The molecule has 1 heterocycles. The van der Waals surface area contributed by atoms with Crippen LogP contribution >= 0.6 is 0 Å². The molecule has 0 aromatic heterocycles. The quantitative estimate of drug-likeness (QED) is 0.483. The van der Waals surface area contributed by atoms with Crippen molar-refractivity contribution in [3.05, 3.63) is 70.9 Å². The number of hydrogen-bond donors (Lipinski definition) is 0. The van der Waals surface area contributed by atoms with Gasteiger partial charge in [0.25, 0.3) is 0 Å². The SMILES string of the molecule is CCN(CC)S(=O)(=O)c1ccc(C2=N/C(=C\c3ccc(C(=O)OC)cc3)C(=O)O2)cc1. The third-order valence-electron chi connectivity index (χ3n) is 4.70. The Hall–Kier alpha value is -3.30. The first-order valence-corrected chi connectivity index (χ1v) is 11.1. The largest absolute Gasteiger partial charge is 0.465 e. The molecule has 31 heavy (non-hydrogen) atoms. The van der Waals surface area contributed by atoms with Gasteiger partial charge in [-0.1, -0.05) is 26.0 Å². The fourth-order valence-electron chi connectivity index (χ4n) is 3.01. The number of aliphatic imine (C=N–C) groups is 1. The molecular weight excluding hydrogens is 420 g/mol. The molecule has 1 aliphatic rings. The maximum absolute atomic E-state index is 12.6.